The van der Waals surface area contributed by atoms with Gasteiger partial charge in [-0.1, -0.05) is 0 Å². The fourth-order valence-corrected chi connectivity index (χ4v) is 2.38. The lowest BCUT2D eigenvalue weighted by Crippen LogP contribution is -2.54. The van der Waals surface area contributed by atoms with Gasteiger partial charge < -0.3 is 0 Å². The Kier molecular flexibility index (Phi) is 2.63. The van der Waals surface area contributed by atoms with E-state index in [0.29, 0.717) is 0 Å². The van der Waals surface area contributed by atoms with Gasteiger partial charge in [0.1, 0.15) is 11.9 Å². The van der Waals surface area contributed by atoms with Crippen molar-refractivity contribution >= 4 is 23.6 Å². The van der Waals surface area contributed by atoms with Crippen molar-refractivity contribution in [3.63, 3.8) is 0 Å². The zero-order valence-electron chi connectivity index (χ0n) is 10.1. The van der Waals surface area contributed by atoms with Gasteiger partial charge >= 0.3 is 0 Å². The van der Waals surface area contributed by atoms with Crippen LogP contribution in [0.2, 0.25) is 0 Å². The number of nitrogens with one attached hydrogen (secondary N) is 1. The van der Waals surface area contributed by atoms with Crippen LogP contribution in [0.1, 0.15) is 33.6 Å². The third-order valence-corrected chi connectivity index (χ3v) is 3.34. The molecule has 1 unspecified atom stereocenters. The molecule has 3 rings (SSSR count). The summed E-state index contributed by atoms with van der Waals surface area (Å²) in [4.78, 5) is 47.9. The number of carbonyl (C=O) groups is 4. The molecule has 0 aromatic heterocycles. The number of amides is 4. The Morgan fingerprint density at radius 1 is 1.20 bits per heavy atom. The molecule has 1 fully saturated rings. The molecule has 0 bridgehead atoms. The molecule has 1 N–H and O–H groups in total. The number of hydrogen-bond donors (Lipinski definition) is 1. The van der Waals surface area contributed by atoms with E-state index in [1.165, 1.54) is 0 Å². The lowest BCUT2D eigenvalue weighted by atomic mass is 10.0. The summed E-state index contributed by atoms with van der Waals surface area (Å²) in [6, 6.07) is 3.18. The number of carbonyl (C=O) groups excluding carboxylic acids is 4. The number of benzene rings is 1. The second-order valence-corrected chi connectivity index (χ2v) is 4.56. The van der Waals surface area contributed by atoms with Gasteiger partial charge in [-0.15, -0.1) is 0 Å². The molecule has 0 spiro atoms. The summed E-state index contributed by atoms with van der Waals surface area (Å²) in [7, 11) is 0. The molecule has 6 nitrogen and oxygen atoms in total. The number of rotatable bonds is 1. The molecule has 0 saturated carbocycles. The minimum atomic E-state index is -1.04. The van der Waals surface area contributed by atoms with Crippen LogP contribution in [0.4, 0.5) is 4.39 Å². The van der Waals surface area contributed by atoms with Crippen LogP contribution in [-0.2, 0) is 9.59 Å². The first-order chi connectivity index (χ1) is 9.49. The second kappa shape index (κ2) is 4.22. The van der Waals surface area contributed by atoms with Crippen LogP contribution in [0.25, 0.3) is 0 Å². The normalized spacial score (nSPS) is 22.1. The Morgan fingerprint density at radius 3 is 2.60 bits per heavy atom. The molecule has 1 atom stereocenters. The van der Waals surface area contributed by atoms with Crippen LogP contribution in [0.15, 0.2) is 12.1 Å². The first kappa shape index (κ1) is 12.5. The first-order valence-corrected chi connectivity index (χ1v) is 5.92. The molecule has 2 aliphatic rings. The van der Waals surface area contributed by atoms with Crippen molar-refractivity contribution in [2.75, 3.05) is 0 Å². The monoisotopic (exact) mass is 275 g/mol. The summed E-state index contributed by atoms with van der Waals surface area (Å²) < 4.78 is 13.1. The topological polar surface area (TPSA) is 83.6 Å². The molecule has 7 heteroatoms. The molecule has 1 aromatic rings. The quantitative estimate of drug-likeness (QED) is 0.733. The molecule has 1 radical (unpaired) electrons. The van der Waals surface area contributed by atoms with Crippen LogP contribution >= 0.6 is 0 Å². The number of piperidine rings is 1. The summed E-state index contributed by atoms with van der Waals surface area (Å²) in [6.07, 6.45) is 0.118. The minimum Gasteiger partial charge on any atom is -0.295 e. The van der Waals surface area contributed by atoms with Gasteiger partial charge in [-0.3, -0.25) is 29.4 Å². The van der Waals surface area contributed by atoms with Gasteiger partial charge in [-0.05, 0) is 18.6 Å². The molecule has 2 heterocycles. The van der Waals surface area contributed by atoms with Crippen molar-refractivity contribution in [2.45, 2.75) is 18.9 Å². The average Bonchev–Trinajstić information content (AvgIpc) is 2.63. The highest BCUT2D eigenvalue weighted by atomic mass is 19.1. The summed E-state index contributed by atoms with van der Waals surface area (Å²) in [5.41, 5.74) is -0.0722. The smallest absolute Gasteiger partial charge is 0.262 e. The van der Waals surface area contributed by atoms with Gasteiger partial charge in [0.2, 0.25) is 11.8 Å². The lowest BCUT2D eigenvalue weighted by Gasteiger charge is -2.27. The largest absolute Gasteiger partial charge is 0.295 e. The molecule has 4 amide bonds. The van der Waals surface area contributed by atoms with E-state index in [4.69, 9.17) is 0 Å². The van der Waals surface area contributed by atoms with Crippen LogP contribution in [0.3, 0.4) is 0 Å². The van der Waals surface area contributed by atoms with E-state index in [9.17, 15) is 23.6 Å². The fraction of sp³-hybridized carbons (Fsp3) is 0.231. The summed E-state index contributed by atoms with van der Waals surface area (Å²) in [5, 5.41) is 2.08. The highest BCUT2D eigenvalue weighted by molar-refractivity contribution is 6.23. The SMILES string of the molecule is O=C1CCC(N2C(=O)c3c[c]c(F)cc3C2=O)C(=O)N1. The maximum absolute atomic E-state index is 13.1. The summed E-state index contributed by atoms with van der Waals surface area (Å²) in [5.74, 6) is -3.29. The Labute approximate surface area is 112 Å². The van der Waals surface area contributed by atoms with E-state index in [2.05, 4.69) is 11.4 Å². The predicted octanol–water partition coefficient (Wildman–Crippen LogP) is 0.0271. The van der Waals surface area contributed by atoms with E-state index in [1.54, 1.807) is 0 Å². The van der Waals surface area contributed by atoms with Gasteiger partial charge in [0, 0.05) is 12.5 Å². The average molecular weight is 275 g/mol. The number of nitrogens with zero attached hydrogens (tertiary/aromatic N) is 1. The summed E-state index contributed by atoms with van der Waals surface area (Å²) in [6.45, 7) is 0. The van der Waals surface area contributed by atoms with Gasteiger partial charge in [-0.25, -0.2) is 4.39 Å². The standard InChI is InChI=1S/C13H8FN2O4/c14-6-1-2-7-8(5-6)13(20)16(12(7)19)9-3-4-10(17)15-11(9)18/h2,5,9H,3-4H2,(H,15,17,18). The van der Waals surface area contributed by atoms with Crippen molar-refractivity contribution in [3.05, 3.63) is 35.1 Å². The van der Waals surface area contributed by atoms with E-state index in [-0.39, 0.29) is 24.0 Å². The van der Waals surface area contributed by atoms with Gasteiger partial charge in [0.05, 0.1) is 11.1 Å². The Morgan fingerprint density at radius 2 is 1.90 bits per heavy atom. The van der Waals surface area contributed by atoms with Gasteiger partial charge in [0.25, 0.3) is 11.8 Å². The second-order valence-electron chi connectivity index (χ2n) is 4.56. The molecule has 101 valence electrons. The van der Waals surface area contributed by atoms with Crippen molar-refractivity contribution < 1.29 is 23.6 Å². The van der Waals surface area contributed by atoms with Crippen LogP contribution in [0.5, 0.6) is 0 Å². The fourth-order valence-electron chi connectivity index (χ4n) is 2.38. The molecular weight excluding hydrogens is 267 g/mol. The lowest BCUT2D eigenvalue weighted by molar-refractivity contribution is -0.136. The molecule has 2 aliphatic heterocycles. The molecule has 1 aromatic carbocycles. The maximum atomic E-state index is 13.1. The van der Waals surface area contributed by atoms with Crippen molar-refractivity contribution in [1.29, 1.82) is 0 Å². The third kappa shape index (κ3) is 1.70. The Balaban J connectivity index is 1.97. The molecular formula is C13H8FN2O4. The zero-order valence-corrected chi connectivity index (χ0v) is 10.1. The van der Waals surface area contributed by atoms with Gasteiger partial charge in [-0.2, -0.15) is 0 Å². The van der Waals surface area contributed by atoms with Crippen molar-refractivity contribution in [2.24, 2.45) is 0 Å². The highest BCUT2D eigenvalue weighted by Gasteiger charge is 2.44. The Bertz CT molecular complexity index is 670. The van der Waals surface area contributed by atoms with E-state index < -0.39 is 35.5 Å². The maximum Gasteiger partial charge on any atom is 0.262 e. The van der Waals surface area contributed by atoms with Crippen LogP contribution in [-0.4, -0.2) is 34.6 Å². The summed E-state index contributed by atoms with van der Waals surface area (Å²) >= 11 is 0. The third-order valence-electron chi connectivity index (χ3n) is 3.34. The van der Waals surface area contributed by atoms with E-state index in [1.807, 2.05) is 0 Å². The molecule has 0 aliphatic carbocycles. The van der Waals surface area contributed by atoms with Crippen LogP contribution < -0.4 is 5.32 Å². The molecule has 1 saturated heterocycles. The first-order valence-electron chi connectivity index (χ1n) is 5.92. The number of halogens is 1. The van der Waals surface area contributed by atoms with Crippen LogP contribution in [0, 0.1) is 11.9 Å². The Hall–Kier alpha value is -2.57. The van der Waals surface area contributed by atoms with Gasteiger partial charge in [0.15, 0.2) is 0 Å². The van der Waals surface area contributed by atoms with Crippen molar-refractivity contribution in [3.8, 4) is 0 Å². The van der Waals surface area contributed by atoms with Crippen molar-refractivity contribution in [1.82, 2.24) is 10.2 Å². The van der Waals surface area contributed by atoms with E-state index >= 15 is 0 Å². The zero-order chi connectivity index (χ0) is 14.4. The minimum absolute atomic E-state index is 0.0149. The number of fused-ring (bicyclic) bond motifs is 1. The number of hydrogen-bond acceptors (Lipinski definition) is 4. The number of imide groups is 2. The predicted molar refractivity (Wildman–Crippen MR) is 61.9 cm³/mol. The highest BCUT2D eigenvalue weighted by Crippen LogP contribution is 2.27. The van der Waals surface area contributed by atoms with E-state index in [0.717, 1.165) is 17.0 Å². The molecule has 20 heavy (non-hydrogen) atoms.